The van der Waals surface area contributed by atoms with Crippen molar-refractivity contribution >= 4 is 43.1 Å². The zero-order valence-electron chi connectivity index (χ0n) is 11.5. The monoisotopic (exact) mass is 374 g/mol. The number of nitrogens with zero attached hydrogens (tertiary/aromatic N) is 1. The quantitative estimate of drug-likeness (QED) is 0.804. The van der Waals surface area contributed by atoms with Crippen LogP contribution in [0.3, 0.4) is 0 Å². The number of hydrogen-bond donors (Lipinski definition) is 1. The molecule has 0 amide bonds. The van der Waals surface area contributed by atoms with E-state index in [4.69, 9.17) is 28.9 Å². The van der Waals surface area contributed by atoms with Gasteiger partial charge in [-0.3, -0.25) is 0 Å². The minimum atomic E-state index is -3.92. The molecule has 0 unspecified atom stereocenters. The molecule has 21 heavy (non-hydrogen) atoms. The summed E-state index contributed by atoms with van der Waals surface area (Å²) in [6.07, 6.45) is 1.04. The largest absolute Gasteiger partial charge is 0.326 e. The molecule has 10 heteroatoms. The van der Waals surface area contributed by atoms with Crippen molar-refractivity contribution in [2.75, 3.05) is 25.6 Å². The van der Waals surface area contributed by atoms with E-state index >= 15 is 0 Å². The minimum absolute atomic E-state index is 0.00587. The maximum atomic E-state index is 12.4. The molecule has 0 radical (unpaired) electrons. The van der Waals surface area contributed by atoms with Crippen molar-refractivity contribution in [1.82, 2.24) is 4.31 Å². The maximum absolute atomic E-state index is 12.4. The van der Waals surface area contributed by atoms with Crippen molar-refractivity contribution in [3.63, 3.8) is 0 Å². The van der Waals surface area contributed by atoms with Gasteiger partial charge in [0, 0.05) is 37.0 Å². The van der Waals surface area contributed by atoms with Crippen molar-refractivity contribution in [3.8, 4) is 0 Å². The summed E-state index contributed by atoms with van der Waals surface area (Å²) < 4.78 is 48.0. The van der Waals surface area contributed by atoms with Crippen LogP contribution >= 0.6 is 23.2 Å². The molecule has 1 aromatic carbocycles. The Labute approximate surface area is 134 Å². The lowest BCUT2D eigenvalue weighted by Gasteiger charge is -2.18. The molecule has 0 aliphatic heterocycles. The van der Waals surface area contributed by atoms with Crippen molar-refractivity contribution in [1.29, 1.82) is 0 Å². The lowest BCUT2D eigenvalue weighted by atomic mass is 10.2. The van der Waals surface area contributed by atoms with Gasteiger partial charge in [-0.15, -0.1) is 0 Å². The smallest absolute Gasteiger partial charge is 0.244 e. The summed E-state index contributed by atoms with van der Waals surface area (Å²) in [6, 6.07) is 2.67. The van der Waals surface area contributed by atoms with E-state index in [0.717, 1.165) is 10.6 Å². The average Bonchev–Trinajstić information content (AvgIpc) is 2.35. The van der Waals surface area contributed by atoms with Gasteiger partial charge < -0.3 is 5.73 Å². The first-order valence-electron chi connectivity index (χ1n) is 5.81. The van der Waals surface area contributed by atoms with E-state index in [-0.39, 0.29) is 33.8 Å². The number of hydrogen-bond acceptors (Lipinski definition) is 5. The van der Waals surface area contributed by atoms with E-state index in [2.05, 4.69) is 0 Å². The Morgan fingerprint density at radius 2 is 1.76 bits per heavy atom. The maximum Gasteiger partial charge on any atom is 0.244 e. The molecule has 0 saturated heterocycles. The number of sulfone groups is 1. The Morgan fingerprint density at radius 1 is 1.19 bits per heavy atom. The Morgan fingerprint density at radius 3 is 2.24 bits per heavy atom. The first kappa shape index (κ1) is 18.7. The highest BCUT2D eigenvalue weighted by Gasteiger charge is 2.26. The van der Waals surface area contributed by atoms with Gasteiger partial charge in [-0.2, -0.15) is 4.31 Å². The second-order valence-corrected chi connectivity index (χ2v) is 9.56. The standard InChI is InChI=1S/C11H16Cl2N2O4S2/c1-15(5-6-20(2,16)17)21(18,19)10-4-3-9(12)8(7-14)11(10)13/h3-4H,5-7,14H2,1-2H3. The normalized spacial score (nSPS) is 12.9. The summed E-state index contributed by atoms with van der Waals surface area (Å²) >= 11 is 11.9. The minimum Gasteiger partial charge on any atom is -0.326 e. The van der Waals surface area contributed by atoms with E-state index in [1.807, 2.05) is 0 Å². The molecular formula is C11H16Cl2N2O4S2. The van der Waals surface area contributed by atoms with Crippen LogP contribution in [-0.2, 0) is 26.4 Å². The predicted octanol–water partition coefficient (Wildman–Crippen LogP) is 1.12. The van der Waals surface area contributed by atoms with Gasteiger partial charge in [-0.1, -0.05) is 23.2 Å². The van der Waals surface area contributed by atoms with Gasteiger partial charge in [-0.05, 0) is 12.1 Å². The second kappa shape index (κ2) is 6.80. The highest BCUT2D eigenvalue weighted by Crippen LogP contribution is 2.32. The summed E-state index contributed by atoms with van der Waals surface area (Å²) in [7, 11) is -5.90. The SMILES string of the molecule is CN(CCS(C)(=O)=O)S(=O)(=O)c1ccc(Cl)c(CN)c1Cl. The third kappa shape index (κ3) is 4.54. The van der Waals surface area contributed by atoms with Gasteiger partial charge in [0.15, 0.2) is 0 Å². The van der Waals surface area contributed by atoms with Crippen LogP contribution < -0.4 is 5.73 Å². The predicted molar refractivity (Wildman–Crippen MR) is 83.9 cm³/mol. The van der Waals surface area contributed by atoms with Crippen molar-refractivity contribution in [3.05, 3.63) is 27.7 Å². The van der Waals surface area contributed by atoms with Crippen LogP contribution in [0.5, 0.6) is 0 Å². The Hall–Kier alpha value is -0.380. The van der Waals surface area contributed by atoms with Crippen LogP contribution in [0.2, 0.25) is 10.0 Å². The number of benzene rings is 1. The molecule has 0 aliphatic rings. The lowest BCUT2D eigenvalue weighted by Crippen LogP contribution is -2.31. The average molecular weight is 375 g/mol. The molecule has 6 nitrogen and oxygen atoms in total. The zero-order valence-corrected chi connectivity index (χ0v) is 14.7. The molecule has 0 aromatic heterocycles. The Bertz CT molecular complexity index is 733. The van der Waals surface area contributed by atoms with E-state index in [0.29, 0.717) is 5.56 Å². The molecule has 0 heterocycles. The highest BCUT2D eigenvalue weighted by molar-refractivity contribution is 7.91. The molecule has 1 rings (SSSR count). The van der Waals surface area contributed by atoms with E-state index in [1.54, 1.807) is 0 Å². The first-order valence-corrected chi connectivity index (χ1v) is 10.1. The summed E-state index contributed by atoms with van der Waals surface area (Å²) in [4.78, 5) is -0.148. The van der Waals surface area contributed by atoms with Crippen LogP contribution in [0.25, 0.3) is 0 Å². The van der Waals surface area contributed by atoms with Crippen LogP contribution in [0.1, 0.15) is 5.56 Å². The van der Waals surface area contributed by atoms with Crippen LogP contribution in [0.4, 0.5) is 0 Å². The van der Waals surface area contributed by atoms with Gasteiger partial charge in [0.25, 0.3) is 0 Å². The summed E-state index contributed by atoms with van der Waals surface area (Å²) in [5.41, 5.74) is 5.83. The zero-order chi connectivity index (χ0) is 16.4. The summed E-state index contributed by atoms with van der Waals surface area (Å²) in [6.45, 7) is -0.174. The van der Waals surface area contributed by atoms with Crippen molar-refractivity contribution in [2.24, 2.45) is 5.73 Å². The second-order valence-electron chi connectivity index (χ2n) is 4.50. The van der Waals surface area contributed by atoms with Gasteiger partial charge in [0.2, 0.25) is 10.0 Å². The molecule has 0 fully saturated rings. The third-order valence-electron chi connectivity index (χ3n) is 2.82. The molecule has 120 valence electrons. The highest BCUT2D eigenvalue weighted by atomic mass is 35.5. The first-order chi connectivity index (χ1) is 9.50. The van der Waals surface area contributed by atoms with Crippen LogP contribution in [0, 0.1) is 0 Å². The number of sulfonamides is 1. The Balaban J connectivity index is 3.20. The van der Waals surface area contributed by atoms with Gasteiger partial charge in [-0.25, -0.2) is 16.8 Å². The fourth-order valence-electron chi connectivity index (χ4n) is 1.54. The van der Waals surface area contributed by atoms with E-state index in [1.165, 1.54) is 19.2 Å². The molecule has 0 atom stereocenters. The van der Waals surface area contributed by atoms with Gasteiger partial charge in [0.05, 0.1) is 10.8 Å². The number of nitrogens with two attached hydrogens (primary N) is 1. The topological polar surface area (TPSA) is 97.5 Å². The fourth-order valence-corrected chi connectivity index (χ4v) is 4.34. The van der Waals surface area contributed by atoms with Crippen molar-refractivity contribution < 1.29 is 16.8 Å². The molecule has 0 spiro atoms. The summed E-state index contributed by atoms with van der Waals surface area (Å²) in [5.74, 6) is -0.280. The number of rotatable bonds is 6. The van der Waals surface area contributed by atoms with E-state index in [9.17, 15) is 16.8 Å². The molecule has 0 saturated carbocycles. The lowest BCUT2D eigenvalue weighted by molar-refractivity contribution is 0.485. The fraction of sp³-hybridized carbons (Fsp3) is 0.455. The molecule has 1 aromatic rings. The molecular weight excluding hydrogens is 359 g/mol. The van der Waals surface area contributed by atoms with E-state index < -0.39 is 19.9 Å². The number of halogens is 2. The van der Waals surface area contributed by atoms with Crippen LogP contribution in [-0.4, -0.2) is 46.7 Å². The molecule has 0 aliphatic carbocycles. The summed E-state index contributed by atoms with van der Waals surface area (Å²) in [5, 5.41) is 0.233. The van der Waals surface area contributed by atoms with Crippen LogP contribution in [0.15, 0.2) is 17.0 Å². The van der Waals surface area contributed by atoms with Crippen molar-refractivity contribution in [2.45, 2.75) is 11.4 Å². The Kier molecular flexibility index (Phi) is 6.05. The molecule has 2 N–H and O–H groups in total. The third-order valence-corrected chi connectivity index (χ3v) is 6.54. The molecule has 0 bridgehead atoms. The van der Waals surface area contributed by atoms with Gasteiger partial charge >= 0.3 is 0 Å². The van der Waals surface area contributed by atoms with Gasteiger partial charge in [0.1, 0.15) is 14.7 Å².